The molecular formula is C34H39FN2O. The second-order valence-electron chi connectivity index (χ2n) is 9.80. The number of aliphatic hydroxyl groups excluding tert-OH is 1. The van der Waals surface area contributed by atoms with Gasteiger partial charge in [0.1, 0.15) is 5.82 Å². The van der Waals surface area contributed by atoms with Crippen LogP contribution < -0.4 is 0 Å². The van der Waals surface area contributed by atoms with Crippen LogP contribution in [0.2, 0.25) is 0 Å². The third-order valence-corrected chi connectivity index (χ3v) is 6.33. The van der Waals surface area contributed by atoms with Gasteiger partial charge in [-0.25, -0.2) is 4.39 Å². The summed E-state index contributed by atoms with van der Waals surface area (Å²) in [6.07, 6.45) is 17.3. The van der Waals surface area contributed by atoms with Crippen LogP contribution in [0.3, 0.4) is 0 Å². The highest BCUT2D eigenvalue weighted by Gasteiger charge is 2.14. The number of hydrogen-bond donors (Lipinski definition) is 1. The largest absolute Gasteiger partial charge is 0.512 e. The normalized spacial score (nSPS) is 16.2. The first-order valence-corrected chi connectivity index (χ1v) is 13.4. The van der Waals surface area contributed by atoms with Crippen LogP contribution in [0.25, 0.3) is 11.6 Å². The van der Waals surface area contributed by atoms with E-state index in [2.05, 4.69) is 61.9 Å². The van der Waals surface area contributed by atoms with E-state index >= 15 is 0 Å². The quantitative estimate of drug-likeness (QED) is 0.132. The molecule has 0 saturated heterocycles. The summed E-state index contributed by atoms with van der Waals surface area (Å²) >= 11 is 0. The maximum absolute atomic E-state index is 13.6. The van der Waals surface area contributed by atoms with Crippen LogP contribution in [-0.4, -0.2) is 24.1 Å². The van der Waals surface area contributed by atoms with Crippen LogP contribution in [0.5, 0.6) is 0 Å². The van der Waals surface area contributed by atoms with Gasteiger partial charge in [0.05, 0.1) is 11.5 Å². The van der Waals surface area contributed by atoms with Crippen LogP contribution in [0, 0.1) is 11.7 Å². The molecule has 1 aliphatic rings. The molecule has 0 radical (unpaired) electrons. The lowest BCUT2D eigenvalue weighted by molar-refractivity contribution is 0.373. The Hall–Kier alpha value is -3.79. The van der Waals surface area contributed by atoms with Crippen LogP contribution >= 0.6 is 0 Å². The lowest BCUT2D eigenvalue weighted by Crippen LogP contribution is -2.10. The topological polar surface area (TPSA) is 45.0 Å². The van der Waals surface area contributed by atoms with Gasteiger partial charge in [-0.15, -0.1) is 0 Å². The van der Waals surface area contributed by atoms with E-state index in [4.69, 9.17) is 4.99 Å². The van der Waals surface area contributed by atoms with Crippen molar-refractivity contribution in [3.05, 3.63) is 119 Å². The highest BCUT2D eigenvalue weighted by Crippen LogP contribution is 2.25. The predicted molar refractivity (Wildman–Crippen MR) is 161 cm³/mol. The summed E-state index contributed by atoms with van der Waals surface area (Å²) in [5.74, 6) is 0.0737. The molecule has 1 N–H and O–H groups in total. The molecule has 3 rings (SSSR count). The molecule has 2 aromatic rings. The van der Waals surface area contributed by atoms with Crippen molar-refractivity contribution in [1.82, 2.24) is 0 Å². The van der Waals surface area contributed by atoms with Crippen molar-refractivity contribution in [3.63, 3.8) is 0 Å². The van der Waals surface area contributed by atoms with Crippen molar-refractivity contribution in [2.75, 3.05) is 7.05 Å². The summed E-state index contributed by atoms with van der Waals surface area (Å²) in [4.78, 5) is 9.05. The zero-order valence-corrected chi connectivity index (χ0v) is 22.8. The van der Waals surface area contributed by atoms with Gasteiger partial charge in [0, 0.05) is 43.8 Å². The van der Waals surface area contributed by atoms with Gasteiger partial charge < -0.3 is 5.11 Å². The second kappa shape index (κ2) is 14.8. The number of aliphatic imine (C=N–C) groups is 2. The minimum Gasteiger partial charge on any atom is -0.512 e. The maximum atomic E-state index is 13.6. The van der Waals surface area contributed by atoms with E-state index in [1.165, 1.54) is 18.9 Å². The van der Waals surface area contributed by atoms with Crippen LogP contribution in [-0.2, 0) is 6.42 Å². The van der Waals surface area contributed by atoms with Crippen molar-refractivity contribution in [1.29, 1.82) is 0 Å². The number of halogens is 1. The van der Waals surface area contributed by atoms with Crippen LogP contribution in [0.1, 0.15) is 62.6 Å². The van der Waals surface area contributed by atoms with E-state index in [1.54, 1.807) is 31.5 Å². The first-order valence-electron chi connectivity index (χ1n) is 13.4. The van der Waals surface area contributed by atoms with Crippen molar-refractivity contribution in [2.45, 2.75) is 52.4 Å². The average molecular weight is 511 g/mol. The number of benzene rings is 2. The first-order chi connectivity index (χ1) is 18.4. The maximum Gasteiger partial charge on any atom is 0.123 e. The van der Waals surface area contributed by atoms with E-state index in [-0.39, 0.29) is 17.5 Å². The summed E-state index contributed by atoms with van der Waals surface area (Å²) < 4.78 is 13.6. The molecule has 0 saturated carbocycles. The zero-order valence-electron chi connectivity index (χ0n) is 22.8. The minimum absolute atomic E-state index is 0.0376. The fraction of sp³-hybridized carbons (Fsp3) is 0.294. The number of unbranched alkanes of at least 4 members (excludes halogenated alkanes) is 2. The van der Waals surface area contributed by atoms with Gasteiger partial charge in [0.15, 0.2) is 0 Å². The fourth-order valence-corrected chi connectivity index (χ4v) is 4.35. The summed E-state index contributed by atoms with van der Waals surface area (Å²) in [5, 5.41) is 10.7. The first kappa shape index (κ1) is 28.8. The number of dihydropyridines is 1. The van der Waals surface area contributed by atoms with E-state index in [1.807, 2.05) is 18.2 Å². The molecule has 2 aromatic carbocycles. The molecule has 198 valence electrons. The van der Waals surface area contributed by atoms with E-state index < -0.39 is 0 Å². The molecule has 1 atom stereocenters. The third kappa shape index (κ3) is 9.26. The molecule has 0 bridgehead atoms. The van der Waals surface area contributed by atoms with E-state index in [0.29, 0.717) is 19.3 Å². The molecule has 0 aromatic heterocycles. The summed E-state index contributed by atoms with van der Waals surface area (Å²) in [6.45, 7) is 8.40. The molecule has 1 heterocycles. The van der Waals surface area contributed by atoms with E-state index in [0.717, 1.165) is 45.7 Å². The Labute approximate surface area is 227 Å². The number of nitrogens with zero attached hydrogens (tertiary/aromatic N) is 2. The van der Waals surface area contributed by atoms with Crippen molar-refractivity contribution >= 4 is 23.6 Å². The highest BCUT2D eigenvalue weighted by molar-refractivity contribution is 5.95. The molecule has 0 spiro atoms. The smallest absolute Gasteiger partial charge is 0.123 e. The van der Waals surface area contributed by atoms with Gasteiger partial charge in [-0.2, -0.15) is 0 Å². The van der Waals surface area contributed by atoms with Crippen molar-refractivity contribution < 1.29 is 9.50 Å². The second-order valence-corrected chi connectivity index (χ2v) is 9.80. The Morgan fingerprint density at radius 1 is 1.21 bits per heavy atom. The molecular weight excluding hydrogens is 471 g/mol. The third-order valence-electron chi connectivity index (χ3n) is 6.33. The Kier molecular flexibility index (Phi) is 11.2. The lowest BCUT2D eigenvalue weighted by atomic mass is 9.97. The van der Waals surface area contributed by atoms with Crippen molar-refractivity contribution in [3.8, 4) is 0 Å². The molecule has 3 nitrogen and oxygen atoms in total. The van der Waals surface area contributed by atoms with Gasteiger partial charge in [-0.1, -0.05) is 94.0 Å². The standard InChI is InChI=1S/C34H39FN2O/c1-5-6-7-8-10-27-13-15-29(16-14-27)26(3)21-33(38)19-25(2)20-34-30(24-36-4)17-18-32(37-34)23-28-11-9-12-31(35)22-28/h8-17,20-22,24-25,38H,3,5-7,18-19,23H2,1-2,4H3/b10-8-,33-21-,34-20+,36-24?. The number of rotatable bonds is 12. The average Bonchev–Trinajstić information content (AvgIpc) is 2.88. The van der Waals surface area contributed by atoms with Crippen molar-refractivity contribution in [2.24, 2.45) is 15.9 Å². The Morgan fingerprint density at radius 2 is 2.00 bits per heavy atom. The van der Waals surface area contributed by atoms with Crippen LogP contribution in [0.4, 0.5) is 4.39 Å². The Morgan fingerprint density at radius 3 is 2.71 bits per heavy atom. The molecule has 4 heteroatoms. The monoisotopic (exact) mass is 510 g/mol. The van der Waals surface area contributed by atoms with Gasteiger partial charge in [0.25, 0.3) is 0 Å². The van der Waals surface area contributed by atoms with Gasteiger partial charge >= 0.3 is 0 Å². The molecule has 0 aliphatic carbocycles. The predicted octanol–water partition coefficient (Wildman–Crippen LogP) is 9.11. The van der Waals surface area contributed by atoms with Gasteiger partial charge in [-0.05, 0) is 52.8 Å². The summed E-state index contributed by atoms with van der Waals surface area (Å²) in [5.41, 5.74) is 6.58. The zero-order chi connectivity index (χ0) is 27.3. The minimum atomic E-state index is -0.239. The number of allylic oxidation sites excluding steroid dienone is 7. The fourth-order valence-electron chi connectivity index (χ4n) is 4.35. The Bertz CT molecular complexity index is 1280. The molecule has 0 fully saturated rings. The summed E-state index contributed by atoms with van der Waals surface area (Å²) in [6, 6.07) is 14.9. The number of aliphatic hydroxyl groups is 1. The van der Waals surface area contributed by atoms with Crippen LogP contribution in [0.15, 0.2) is 106 Å². The lowest BCUT2D eigenvalue weighted by Gasteiger charge is -2.16. The molecule has 0 amide bonds. The summed E-state index contributed by atoms with van der Waals surface area (Å²) in [7, 11) is 1.74. The Balaban J connectivity index is 1.67. The molecule has 1 unspecified atom stereocenters. The number of hydrogen-bond acceptors (Lipinski definition) is 3. The molecule has 1 aliphatic heterocycles. The molecule has 38 heavy (non-hydrogen) atoms. The van der Waals surface area contributed by atoms with Gasteiger partial charge in [-0.3, -0.25) is 9.98 Å². The SMILES string of the molecule is C=C(/C=C(\O)CC(C)/C=C1/N=C(Cc2cccc(F)c2)CC=C1C=NC)c1ccc(/C=C\CCCC)cc1. The van der Waals surface area contributed by atoms with Gasteiger partial charge in [0.2, 0.25) is 0 Å². The highest BCUT2D eigenvalue weighted by atomic mass is 19.1. The van der Waals surface area contributed by atoms with E-state index in [9.17, 15) is 9.50 Å².